The SMILES string of the molecule is CCOc1ccc(CCCC(=O)N/N=C/c2ccc(O)cc2O)cc1. The van der Waals surface area contributed by atoms with Crippen molar-refractivity contribution >= 4 is 12.1 Å². The van der Waals surface area contributed by atoms with E-state index in [2.05, 4.69) is 10.5 Å². The number of hydrogen-bond donors (Lipinski definition) is 3. The van der Waals surface area contributed by atoms with Crippen LogP contribution in [-0.4, -0.2) is 28.9 Å². The van der Waals surface area contributed by atoms with Crippen LogP contribution in [0, 0.1) is 0 Å². The average molecular weight is 342 g/mol. The lowest BCUT2D eigenvalue weighted by Gasteiger charge is -2.05. The molecule has 0 unspecified atom stereocenters. The predicted octanol–water partition coefficient (Wildman–Crippen LogP) is 2.97. The minimum absolute atomic E-state index is 0.0343. The van der Waals surface area contributed by atoms with Gasteiger partial charge in [0.1, 0.15) is 17.2 Å². The van der Waals surface area contributed by atoms with E-state index in [-0.39, 0.29) is 17.4 Å². The topological polar surface area (TPSA) is 91.2 Å². The maximum Gasteiger partial charge on any atom is 0.240 e. The van der Waals surface area contributed by atoms with E-state index in [1.165, 1.54) is 24.4 Å². The molecule has 6 heteroatoms. The summed E-state index contributed by atoms with van der Waals surface area (Å²) in [6.07, 6.45) is 3.19. The van der Waals surface area contributed by atoms with Crippen LogP contribution in [0.1, 0.15) is 30.9 Å². The summed E-state index contributed by atoms with van der Waals surface area (Å²) in [7, 11) is 0. The van der Waals surface area contributed by atoms with Gasteiger partial charge in [0.15, 0.2) is 0 Å². The first-order chi connectivity index (χ1) is 12.1. The van der Waals surface area contributed by atoms with Crippen LogP contribution in [0.25, 0.3) is 0 Å². The van der Waals surface area contributed by atoms with Gasteiger partial charge in [-0.1, -0.05) is 12.1 Å². The van der Waals surface area contributed by atoms with Crippen LogP contribution in [0.3, 0.4) is 0 Å². The van der Waals surface area contributed by atoms with Crippen molar-refractivity contribution in [3.63, 3.8) is 0 Å². The lowest BCUT2D eigenvalue weighted by molar-refractivity contribution is -0.121. The van der Waals surface area contributed by atoms with E-state index >= 15 is 0 Å². The molecular weight excluding hydrogens is 320 g/mol. The number of nitrogens with zero attached hydrogens (tertiary/aromatic N) is 1. The zero-order chi connectivity index (χ0) is 18.1. The van der Waals surface area contributed by atoms with Crippen LogP contribution in [-0.2, 0) is 11.2 Å². The molecule has 0 saturated heterocycles. The number of hydrazone groups is 1. The molecule has 0 aliphatic carbocycles. The van der Waals surface area contributed by atoms with Gasteiger partial charge < -0.3 is 14.9 Å². The van der Waals surface area contributed by atoms with E-state index in [4.69, 9.17) is 4.74 Å². The number of amides is 1. The van der Waals surface area contributed by atoms with Crippen LogP contribution in [0.5, 0.6) is 17.2 Å². The summed E-state index contributed by atoms with van der Waals surface area (Å²) in [4.78, 5) is 11.8. The molecule has 3 N–H and O–H groups in total. The summed E-state index contributed by atoms with van der Waals surface area (Å²) in [5, 5.41) is 22.6. The molecule has 0 radical (unpaired) electrons. The number of nitrogens with one attached hydrogen (secondary N) is 1. The molecule has 25 heavy (non-hydrogen) atoms. The van der Waals surface area contributed by atoms with Crippen molar-refractivity contribution in [1.29, 1.82) is 0 Å². The molecule has 0 bridgehead atoms. The Morgan fingerprint density at radius 3 is 2.64 bits per heavy atom. The Bertz CT molecular complexity index is 727. The smallest absolute Gasteiger partial charge is 0.240 e. The van der Waals surface area contributed by atoms with Crippen molar-refractivity contribution in [2.75, 3.05) is 6.61 Å². The standard InChI is InChI=1S/C19H22N2O4/c1-2-25-17-10-6-14(7-11-17)4-3-5-19(24)21-20-13-15-8-9-16(22)12-18(15)23/h6-13,22-23H,2-5H2,1H3,(H,21,24)/b20-13+. The number of carbonyl (C=O) groups excluding carboxylic acids is 1. The van der Waals surface area contributed by atoms with Crippen molar-refractivity contribution < 1.29 is 19.7 Å². The molecule has 0 aromatic heterocycles. The van der Waals surface area contributed by atoms with Gasteiger partial charge in [-0.2, -0.15) is 5.10 Å². The highest BCUT2D eigenvalue weighted by Crippen LogP contribution is 2.20. The van der Waals surface area contributed by atoms with Gasteiger partial charge in [0.05, 0.1) is 12.8 Å². The van der Waals surface area contributed by atoms with Gasteiger partial charge in [-0.3, -0.25) is 4.79 Å². The Labute approximate surface area is 146 Å². The molecule has 0 atom stereocenters. The van der Waals surface area contributed by atoms with E-state index in [0.29, 0.717) is 25.0 Å². The monoisotopic (exact) mass is 342 g/mol. The third-order valence-electron chi connectivity index (χ3n) is 3.51. The molecule has 0 spiro atoms. The Balaban J connectivity index is 1.72. The number of ether oxygens (including phenoxy) is 1. The minimum Gasteiger partial charge on any atom is -0.508 e. The second-order valence-electron chi connectivity index (χ2n) is 5.47. The van der Waals surface area contributed by atoms with Crippen molar-refractivity contribution in [2.45, 2.75) is 26.2 Å². The number of rotatable bonds is 8. The van der Waals surface area contributed by atoms with Gasteiger partial charge in [-0.25, -0.2) is 5.43 Å². The molecule has 0 aliphatic rings. The van der Waals surface area contributed by atoms with Crippen molar-refractivity contribution in [3.8, 4) is 17.2 Å². The predicted molar refractivity (Wildman–Crippen MR) is 96.1 cm³/mol. The Hall–Kier alpha value is -3.02. The maximum atomic E-state index is 11.8. The minimum atomic E-state index is -0.194. The highest BCUT2D eigenvalue weighted by Gasteiger charge is 2.02. The molecule has 2 rings (SSSR count). The Morgan fingerprint density at radius 1 is 1.20 bits per heavy atom. The number of benzene rings is 2. The summed E-state index contributed by atoms with van der Waals surface area (Å²) >= 11 is 0. The molecule has 132 valence electrons. The molecule has 2 aromatic rings. The quantitative estimate of drug-likeness (QED) is 0.508. The highest BCUT2D eigenvalue weighted by atomic mass is 16.5. The zero-order valence-corrected chi connectivity index (χ0v) is 14.1. The first kappa shape index (κ1) is 18.3. The Morgan fingerprint density at radius 2 is 1.96 bits per heavy atom. The lowest BCUT2D eigenvalue weighted by atomic mass is 10.1. The van der Waals surface area contributed by atoms with Gasteiger partial charge in [0.25, 0.3) is 0 Å². The average Bonchev–Trinajstić information content (AvgIpc) is 2.59. The fraction of sp³-hybridized carbons (Fsp3) is 0.263. The van der Waals surface area contributed by atoms with Crippen molar-refractivity contribution in [3.05, 3.63) is 53.6 Å². The van der Waals surface area contributed by atoms with E-state index in [0.717, 1.165) is 17.7 Å². The van der Waals surface area contributed by atoms with Gasteiger partial charge in [0, 0.05) is 18.1 Å². The molecule has 0 aliphatic heterocycles. The fourth-order valence-corrected chi connectivity index (χ4v) is 2.24. The third kappa shape index (κ3) is 6.18. The molecule has 6 nitrogen and oxygen atoms in total. The van der Waals surface area contributed by atoms with Gasteiger partial charge in [-0.15, -0.1) is 0 Å². The first-order valence-corrected chi connectivity index (χ1v) is 8.14. The Kier molecular flexibility index (Phi) is 6.83. The number of phenols is 2. The van der Waals surface area contributed by atoms with E-state index in [1.54, 1.807) is 0 Å². The van der Waals surface area contributed by atoms with E-state index in [9.17, 15) is 15.0 Å². The van der Waals surface area contributed by atoms with Crippen LogP contribution in [0.2, 0.25) is 0 Å². The molecule has 0 saturated carbocycles. The third-order valence-corrected chi connectivity index (χ3v) is 3.51. The van der Waals surface area contributed by atoms with E-state index < -0.39 is 0 Å². The normalized spacial score (nSPS) is 10.8. The van der Waals surface area contributed by atoms with Gasteiger partial charge in [-0.05, 0) is 49.6 Å². The van der Waals surface area contributed by atoms with Crippen LogP contribution in [0.15, 0.2) is 47.6 Å². The second kappa shape index (κ2) is 9.32. The van der Waals surface area contributed by atoms with Crippen LogP contribution < -0.4 is 10.2 Å². The number of hydrogen-bond acceptors (Lipinski definition) is 5. The summed E-state index contributed by atoms with van der Waals surface area (Å²) in [5.41, 5.74) is 3.98. The summed E-state index contributed by atoms with van der Waals surface area (Å²) in [6.45, 7) is 2.58. The number of carbonyl (C=O) groups is 1. The molecule has 0 fully saturated rings. The molecule has 2 aromatic carbocycles. The highest BCUT2D eigenvalue weighted by molar-refractivity contribution is 5.85. The number of aromatic hydroxyl groups is 2. The second-order valence-corrected chi connectivity index (χ2v) is 5.47. The van der Waals surface area contributed by atoms with Crippen LogP contribution in [0.4, 0.5) is 0 Å². The number of phenolic OH excluding ortho intramolecular Hbond substituents is 2. The van der Waals surface area contributed by atoms with Crippen molar-refractivity contribution in [2.24, 2.45) is 5.10 Å². The summed E-state index contributed by atoms with van der Waals surface area (Å²) in [6, 6.07) is 12.0. The maximum absolute atomic E-state index is 11.8. The molecular formula is C19H22N2O4. The fourth-order valence-electron chi connectivity index (χ4n) is 2.24. The van der Waals surface area contributed by atoms with Crippen LogP contribution >= 0.6 is 0 Å². The largest absolute Gasteiger partial charge is 0.508 e. The summed E-state index contributed by atoms with van der Waals surface area (Å²) in [5.74, 6) is 0.512. The van der Waals surface area contributed by atoms with Gasteiger partial charge in [0.2, 0.25) is 5.91 Å². The first-order valence-electron chi connectivity index (χ1n) is 8.14. The van der Waals surface area contributed by atoms with Crippen molar-refractivity contribution in [1.82, 2.24) is 5.43 Å². The zero-order valence-electron chi connectivity index (χ0n) is 14.1. The van der Waals surface area contributed by atoms with E-state index in [1.807, 2.05) is 31.2 Å². The lowest BCUT2D eigenvalue weighted by Crippen LogP contribution is -2.17. The molecule has 1 amide bonds. The molecule has 0 heterocycles. The summed E-state index contributed by atoms with van der Waals surface area (Å²) < 4.78 is 5.39. The van der Waals surface area contributed by atoms with Gasteiger partial charge >= 0.3 is 0 Å². The number of aryl methyl sites for hydroxylation is 1.